The van der Waals surface area contributed by atoms with Gasteiger partial charge in [0.25, 0.3) is 0 Å². The van der Waals surface area contributed by atoms with E-state index >= 15 is 0 Å². The smallest absolute Gasteiger partial charge is 0.337 e. The first-order chi connectivity index (χ1) is 12.4. The van der Waals surface area contributed by atoms with Gasteiger partial charge < -0.3 is 19.9 Å². The van der Waals surface area contributed by atoms with Gasteiger partial charge in [-0.2, -0.15) is 0 Å². The Morgan fingerprint density at radius 1 is 1.12 bits per heavy atom. The molecule has 0 aliphatic carbocycles. The molecule has 0 radical (unpaired) electrons. The molecule has 2 aromatic rings. The van der Waals surface area contributed by atoms with E-state index in [9.17, 15) is 9.59 Å². The third-order valence-corrected chi connectivity index (χ3v) is 3.39. The average molecular weight is 355 g/mol. The van der Waals surface area contributed by atoms with E-state index in [1.807, 2.05) is 13.8 Å². The largest absolute Gasteiger partial charge is 0.493 e. The van der Waals surface area contributed by atoms with Crippen molar-refractivity contribution in [3.63, 3.8) is 0 Å². The number of hydrogen-bond donors (Lipinski definition) is 2. The summed E-state index contributed by atoms with van der Waals surface area (Å²) in [5, 5.41) is 11.7. The molecule has 0 atom stereocenters. The van der Waals surface area contributed by atoms with Crippen molar-refractivity contribution in [1.82, 2.24) is 0 Å². The number of hydrogen-bond acceptors (Lipinski definition) is 4. The van der Waals surface area contributed by atoms with Crippen LogP contribution in [0.15, 0.2) is 48.5 Å². The number of ether oxygens (including phenoxy) is 2. The van der Waals surface area contributed by atoms with Crippen molar-refractivity contribution in [2.45, 2.75) is 20.0 Å². The molecule has 6 nitrogen and oxygen atoms in total. The van der Waals surface area contributed by atoms with Crippen molar-refractivity contribution in [3.8, 4) is 11.5 Å². The van der Waals surface area contributed by atoms with Gasteiger partial charge in [0.05, 0.1) is 24.5 Å². The van der Waals surface area contributed by atoms with Crippen molar-refractivity contribution in [2.75, 3.05) is 12.4 Å². The molecule has 0 saturated heterocycles. The minimum absolute atomic E-state index is 0.0189. The number of methoxy groups -OCH3 is 1. The zero-order valence-electron chi connectivity index (χ0n) is 14.9. The van der Waals surface area contributed by atoms with Crippen LogP contribution in [-0.4, -0.2) is 30.2 Å². The molecular formula is C20H21NO5. The first kappa shape index (κ1) is 19.1. The molecule has 0 saturated carbocycles. The Kier molecular flexibility index (Phi) is 6.38. The summed E-state index contributed by atoms with van der Waals surface area (Å²) in [6, 6.07) is 11.6. The van der Waals surface area contributed by atoms with Gasteiger partial charge in [-0.15, -0.1) is 0 Å². The van der Waals surface area contributed by atoms with E-state index < -0.39 is 11.9 Å². The maximum atomic E-state index is 12.1. The Morgan fingerprint density at radius 3 is 2.50 bits per heavy atom. The van der Waals surface area contributed by atoms with Crippen LogP contribution in [0.5, 0.6) is 11.5 Å². The molecule has 2 aromatic carbocycles. The van der Waals surface area contributed by atoms with E-state index in [0.29, 0.717) is 11.5 Å². The second-order valence-corrected chi connectivity index (χ2v) is 5.75. The zero-order valence-corrected chi connectivity index (χ0v) is 14.9. The number of benzene rings is 2. The number of rotatable bonds is 7. The molecule has 0 unspecified atom stereocenters. The predicted octanol–water partition coefficient (Wildman–Crippen LogP) is 3.83. The quantitative estimate of drug-likeness (QED) is 0.737. The molecule has 0 bridgehead atoms. The van der Waals surface area contributed by atoms with Crippen LogP contribution in [0.3, 0.4) is 0 Å². The molecule has 0 fully saturated rings. The lowest BCUT2D eigenvalue weighted by Crippen LogP contribution is -2.11. The lowest BCUT2D eigenvalue weighted by atomic mass is 10.1. The summed E-state index contributed by atoms with van der Waals surface area (Å²) >= 11 is 0. The summed E-state index contributed by atoms with van der Waals surface area (Å²) in [6.07, 6.45) is 2.96. The van der Waals surface area contributed by atoms with Gasteiger partial charge in [0.2, 0.25) is 5.91 Å². The molecule has 0 aliphatic rings. The van der Waals surface area contributed by atoms with Gasteiger partial charge in [-0.05, 0) is 49.8 Å². The second-order valence-electron chi connectivity index (χ2n) is 5.75. The SMILES string of the molecule is COc1cc(/C=C/C(=O)Nc2ccccc2C(=O)O)ccc1OC(C)C. The summed E-state index contributed by atoms with van der Waals surface area (Å²) in [5.41, 5.74) is 1.03. The Morgan fingerprint density at radius 2 is 1.85 bits per heavy atom. The van der Waals surface area contributed by atoms with Crippen LogP contribution in [-0.2, 0) is 4.79 Å². The zero-order chi connectivity index (χ0) is 19.1. The molecule has 26 heavy (non-hydrogen) atoms. The number of anilines is 1. The molecule has 6 heteroatoms. The lowest BCUT2D eigenvalue weighted by molar-refractivity contribution is -0.111. The standard InChI is InChI=1S/C20H21NO5/c1-13(2)26-17-10-8-14(12-18(17)25-3)9-11-19(22)21-16-7-5-4-6-15(16)20(23)24/h4-13H,1-3H3,(H,21,22)(H,23,24)/b11-9+. The highest BCUT2D eigenvalue weighted by Crippen LogP contribution is 2.29. The maximum Gasteiger partial charge on any atom is 0.337 e. The van der Waals surface area contributed by atoms with Crippen LogP contribution in [0.2, 0.25) is 0 Å². The number of carboxylic acid groups (broad SMARTS) is 1. The van der Waals surface area contributed by atoms with Crippen molar-refractivity contribution in [1.29, 1.82) is 0 Å². The number of carbonyl (C=O) groups is 2. The fourth-order valence-electron chi connectivity index (χ4n) is 2.26. The normalized spacial score (nSPS) is 10.8. The number of aromatic carboxylic acids is 1. The van der Waals surface area contributed by atoms with E-state index in [4.69, 9.17) is 14.6 Å². The van der Waals surface area contributed by atoms with Gasteiger partial charge in [-0.25, -0.2) is 4.79 Å². The van der Waals surface area contributed by atoms with E-state index in [1.54, 1.807) is 43.5 Å². The van der Waals surface area contributed by atoms with Crippen molar-refractivity contribution in [3.05, 3.63) is 59.7 Å². The number of carbonyl (C=O) groups excluding carboxylic acids is 1. The summed E-state index contributed by atoms with van der Waals surface area (Å²) in [5.74, 6) is -0.340. The van der Waals surface area contributed by atoms with Gasteiger partial charge in [0.15, 0.2) is 11.5 Å². The molecule has 136 valence electrons. The van der Waals surface area contributed by atoms with Gasteiger partial charge in [-0.3, -0.25) is 4.79 Å². The van der Waals surface area contributed by atoms with Crippen molar-refractivity contribution in [2.24, 2.45) is 0 Å². The second kappa shape index (κ2) is 8.71. The van der Waals surface area contributed by atoms with Crippen molar-refractivity contribution < 1.29 is 24.2 Å². The molecule has 0 heterocycles. The summed E-state index contributed by atoms with van der Waals surface area (Å²) in [6.45, 7) is 3.85. The molecule has 0 spiro atoms. The molecular weight excluding hydrogens is 334 g/mol. The number of nitrogens with one attached hydrogen (secondary N) is 1. The number of carboxylic acids is 1. The molecule has 2 rings (SSSR count). The van der Waals surface area contributed by atoms with E-state index in [1.165, 1.54) is 18.2 Å². The fraction of sp³-hybridized carbons (Fsp3) is 0.200. The number of para-hydroxylation sites is 1. The molecule has 2 N–H and O–H groups in total. The molecule has 0 aromatic heterocycles. The Labute approximate surface area is 152 Å². The highest BCUT2D eigenvalue weighted by Gasteiger charge is 2.10. The first-order valence-corrected chi connectivity index (χ1v) is 8.06. The van der Waals surface area contributed by atoms with Gasteiger partial charge in [-0.1, -0.05) is 18.2 Å². The van der Waals surface area contributed by atoms with Crippen LogP contribution in [0.25, 0.3) is 6.08 Å². The van der Waals surface area contributed by atoms with Crippen LogP contribution >= 0.6 is 0 Å². The van der Waals surface area contributed by atoms with E-state index in [2.05, 4.69) is 5.32 Å². The van der Waals surface area contributed by atoms with Crippen LogP contribution in [0.1, 0.15) is 29.8 Å². The average Bonchev–Trinajstić information content (AvgIpc) is 2.60. The summed E-state index contributed by atoms with van der Waals surface area (Å²) < 4.78 is 11.0. The Hall–Kier alpha value is -3.28. The minimum Gasteiger partial charge on any atom is -0.493 e. The highest BCUT2D eigenvalue weighted by atomic mass is 16.5. The van der Waals surface area contributed by atoms with Crippen molar-refractivity contribution >= 4 is 23.6 Å². The van der Waals surface area contributed by atoms with Gasteiger partial charge >= 0.3 is 5.97 Å². The van der Waals surface area contributed by atoms with E-state index in [-0.39, 0.29) is 17.4 Å². The van der Waals surface area contributed by atoms with Gasteiger partial charge in [0, 0.05) is 6.08 Å². The molecule has 1 amide bonds. The third-order valence-electron chi connectivity index (χ3n) is 3.39. The van der Waals surface area contributed by atoms with Crippen LogP contribution < -0.4 is 14.8 Å². The van der Waals surface area contributed by atoms with Crippen LogP contribution in [0.4, 0.5) is 5.69 Å². The first-order valence-electron chi connectivity index (χ1n) is 8.06. The summed E-state index contributed by atoms with van der Waals surface area (Å²) in [4.78, 5) is 23.2. The predicted molar refractivity (Wildman–Crippen MR) is 99.8 cm³/mol. The fourth-order valence-corrected chi connectivity index (χ4v) is 2.26. The van der Waals surface area contributed by atoms with Gasteiger partial charge in [0.1, 0.15) is 0 Å². The number of amides is 1. The van der Waals surface area contributed by atoms with E-state index in [0.717, 1.165) is 5.56 Å². The highest BCUT2D eigenvalue weighted by molar-refractivity contribution is 6.06. The maximum absolute atomic E-state index is 12.1. The topological polar surface area (TPSA) is 84.9 Å². The summed E-state index contributed by atoms with van der Waals surface area (Å²) in [7, 11) is 1.55. The third kappa shape index (κ3) is 5.11. The molecule has 0 aliphatic heterocycles. The van der Waals surface area contributed by atoms with Crippen LogP contribution in [0, 0.1) is 0 Å². The Bertz CT molecular complexity index is 827. The Balaban J connectivity index is 2.12. The minimum atomic E-state index is -1.10. The monoisotopic (exact) mass is 355 g/mol. The lowest BCUT2D eigenvalue weighted by Gasteiger charge is -2.13.